The van der Waals surface area contributed by atoms with Gasteiger partial charge >= 0.3 is 0 Å². The van der Waals surface area contributed by atoms with Gasteiger partial charge in [0.05, 0.1) is 31.8 Å². The largest absolute Gasteiger partial charge is 0.493 e. The van der Waals surface area contributed by atoms with Crippen LogP contribution in [-0.2, 0) is 14.3 Å². The number of aldehydes is 1. The first-order chi connectivity index (χ1) is 17.9. The fourth-order valence-corrected chi connectivity index (χ4v) is 5.24. The van der Waals surface area contributed by atoms with E-state index in [0.29, 0.717) is 41.9 Å². The standard InChI is InChI=1S/C27H34N2O8/c1-3-4-7-22(32)29(14-17-6-5-10-36-17)20-13-19(27(34)28-8-9-30)23-18-11-16(15-31)12-21(35-2)25(18)37-26(23)24(20)33/h4,7,11-13,15,17,20,23-24,26,30,33H,3,5-6,8-10,14H2,1-2H3,(H,28,34). The number of amides is 2. The highest BCUT2D eigenvalue weighted by atomic mass is 16.5. The summed E-state index contributed by atoms with van der Waals surface area (Å²) < 4.78 is 17.4. The van der Waals surface area contributed by atoms with Crippen molar-refractivity contribution in [1.29, 1.82) is 0 Å². The van der Waals surface area contributed by atoms with E-state index in [-0.39, 0.29) is 37.3 Å². The third-order valence-corrected chi connectivity index (χ3v) is 6.97. The number of aliphatic hydroxyl groups is 2. The number of benzene rings is 1. The van der Waals surface area contributed by atoms with Crippen molar-refractivity contribution < 1.29 is 38.8 Å². The maximum absolute atomic E-state index is 13.3. The van der Waals surface area contributed by atoms with Crippen LogP contribution >= 0.6 is 0 Å². The van der Waals surface area contributed by atoms with Crippen molar-refractivity contribution >= 4 is 18.1 Å². The Bertz CT molecular complexity index is 1080. The van der Waals surface area contributed by atoms with Crippen LogP contribution in [0.2, 0.25) is 0 Å². The number of aliphatic hydroxyl groups excluding tert-OH is 2. The van der Waals surface area contributed by atoms with Gasteiger partial charge < -0.3 is 34.6 Å². The van der Waals surface area contributed by atoms with Crippen molar-refractivity contribution in [2.75, 3.05) is 33.4 Å². The summed E-state index contributed by atoms with van der Waals surface area (Å²) in [7, 11) is 1.45. The van der Waals surface area contributed by atoms with Crippen molar-refractivity contribution in [3.63, 3.8) is 0 Å². The Hall–Kier alpha value is -3.21. The molecule has 5 atom stereocenters. The number of nitrogens with one attached hydrogen (secondary N) is 1. The van der Waals surface area contributed by atoms with Crippen LogP contribution in [0.15, 0.2) is 35.9 Å². The molecule has 4 rings (SSSR count). The number of carbonyl (C=O) groups is 3. The number of rotatable bonds is 10. The van der Waals surface area contributed by atoms with Crippen LogP contribution in [0.4, 0.5) is 0 Å². The molecule has 0 bridgehead atoms. The Morgan fingerprint density at radius 1 is 1.32 bits per heavy atom. The van der Waals surface area contributed by atoms with Crippen LogP contribution in [0.5, 0.6) is 11.5 Å². The molecule has 1 aliphatic carbocycles. The molecule has 2 amide bonds. The van der Waals surface area contributed by atoms with Gasteiger partial charge in [0.15, 0.2) is 11.5 Å². The number of hydrogen-bond acceptors (Lipinski definition) is 8. The minimum atomic E-state index is -1.18. The topological polar surface area (TPSA) is 135 Å². The Labute approximate surface area is 215 Å². The summed E-state index contributed by atoms with van der Waals surface area (Å²) in [6.45, 7) is 2.56. The predicted molar refractivity (Wildman–Crippen MR) is 134 cm³/mol. The molecule has 1 aromatic carbocycles. The minimum absolute atomic E-state index is 0.0317. The molecule has 1 fully saturated rings. The number of allylic oxidation sites excluding steroid dienone is 1. The Balaban J connectivity index is 1.79. The van der Waals surface area contributed by atoms with Gasteiger partial charge in [0, 0.05) is 36.4 Å². The van der Waals surface area contributed by atoms with Crippen molar-refractivity contribution in [2.45, 2.75) is 56.5 Å². The third-order valence-electron chi connectivity index (χ3n) is 6.97. The lowest BCUT2D eigenvalue weighted by atomic mass is 9.77. The maximum Gasteiger partial charge on any atom is 0.247 e. The van der Waals surface area contributed by atoms with Gasteiger partial charge in [0.2, 0.25) is 11.8 Å². The molecule has 3 aliphatic rings. The first-order valence-corrected chi connectivity index (χ1v) is 12.6. The maximum atomic E-state index is 13.3. The van der Waals surface area contributed by atoms with E-state index in [2.05, 4.69) is 5.32 Å². The highest BCUT2D eigenvalue weighted by Crippen LogP contribution is 2.51. The van der Waals surface area contributed by atoms with E-state index in [9.17, 15) is 24.6 Å². The molecule has 2 aliphatic heterocycles. The fourth-order valence-electron chi connectivity index (χ4n) is 5.24. The zero-order valence-electron chi connectivity index (χ0n) is 21.1. The molecule has 2 heterocycles. The normalized spacial score (nSPS) is 26.2. The smallest absolute Gasteiger partial charge is 0.247 e. The fraction of sp³-hybridized carbons (Fsp3) is 0.519. The zero-order chi connectivity index (χ0) is 26.5. The average molecular weight is 515 g/mol. The number of ether oxygens (including phenoxy) is 3. The molecule has 5 unspecified atom stereocenters. The van der Waals surface area contributed by atoms with Crippen molar-refractivity contribution in [1.82, 2.24) is 10.2 Å². The zero-order valence-corrected chi connectivity index (χ0v) is 21.1. The van der Waals surface area contributed by atoms with Crippen molar-refractivity contribution in [3.8, 4) is 11.5 Å². The number of methoxy groups -OCH3 is 1. The van der Waals surface area contributed by atoms with Crippen LogP contribution in [0.1, 0.15) is 48.0 Å². The second-order valence-corrected chi connectivity index (χ2v) is 9.34. The van der Waals surface area contributed by atoms with Gasteiger partial charge in [-0.1, -0.05) is 13.0 Å². The minimum Gasteiger partial charge on any atom is -0.493 e. The molecule has 0 spiro atoms. The molecule has 0 aromatic heterocycles. The molecule has 0 radical (unpaired) electrons. The van der Waals surface area contributed by atoms with Gasteiger partial charge in [-0.2, -0.15) is 0 Å². The summed E-state index contributed by atoms with van der Waals surface area (Å²) in [6, 6.07) is 2.28. The van der Waals surface area contributed by atoms with E-state index in [4.69, 9.17) is 14.2 Å². The molecule has 10 heteroatoms. The second-order valence-electron chi connectivity index (χ2n) is 9.34. The van der Waals surface area contributed by atoms with Crippen LogP contribution in [0.25, 0.3) is 0 Å². The van der Waals surface area contributed by atoms with E-state index in [1.807, 2.05) is 6.92 Å². The van der Waals surface area contributed by atoms with Crippen LogP contribution < -0.4 is 14.8 Å². The van der Waals surface area contributed by atoms with E-state index in [0.717, 1.165) is 12.8 Å². The molecular formula is C27H34N2O8. The van der Waals surface area contributed by atoms with E-state index < -0.39 is 30.1 Å². The second kappa shape index (κ2) is 11.9. The first kappa shape index (κ1) is 26.8. The Morgan fingerprint density at radius 3 is 2.78 bits per heavy atom. The van der Waals surface area contributed by atoms with Gasteiger partial charge in [-0.05, 0) is 43.5 Å². The van der Waals surface area contributed by atoms with E-state index in [1.54, 1.807) is 18.2 Å². The first-order valence-electron chi connectivity index (χ1n) is 12.6. The average Bonchev–Trinajstić information content (AvgIpc) is 3.57. The third kappa shape index (κ3) is 5.41. The molecule has 0 saturated carbocycles. The highest BCUT2D eigenvalue weighted by Gasteiger charge is 2.51. The lowest BCUT2D eigenvalue weighted by Gasteiger charge is -2.41. The summed E-state index contributed by atoms with van der Waals surface area (Å²) in [4.78, 5) is 39.7. The van der Waals surface area contributed by atoms with E-state index >= 15 is 0 Å². The monoisotopic (exact) mass is 514 g/mol. The van der Waals surface area contributed by atoms with Crippen LogP contribution in [0, 0.1) is 0 Å². The molecule has 1 saturated heterocycles. The van der Waals surface area contributed by atoms with Crippen molar-refractivity contribution in [2.24, 2.45) is 0 Å². The SMILES string of the molecule is CCC=CC(=O)N(CC1CCCO1)C1C=C(C(=O)NCCO)C2c3cc(C=O)cc(OC)c3OC2C1O. The van der Waals surface area contributed by atoms with Crippen molar-refractivity contribution in [3.05, 3.63) is 47.1 Å². The molecule has 200 valence electrons. The summed E-state index contributed by atoms with van der Waals surface area (Å²) >= 11 is 0. The summed E-state index contributed by atoms with van der Waals surface area (Å²) in [5, 5.41) is 23.5. The molecular weight excluding hydrogens is 480 g/mol. The van der Waals surface area contributed by atoms with Gasteiger partial charge in [0.25, 0.3) is 0 Å². The predicted octanol–water partition coefficient (Wildman–Crippen LogP) is 1.10. The highest BCUT2D eigenvalue weighted by molar-refractivity contribution is 5.97. The summed E-state index contributed by atoms with van der Waals surface area (Å²) in [6.07, 6.45) is 5.56. The molecule has 10 nitrogen and oxygen atoms in total. The van der Waals surface area contributed by atoms with Gasteiger partial charge in [-0.3, -0.25) is 14.4 Å². The lowest BCUT2D eigenvalue weighted by Crippen LogP contribution is -2.56. The summed E-state index contributed by atoms with van der Waals surface area (Å²) in [5.74, 6) is -0.818. The summed E-state index contributed by atoms with van der Waals surface area (Å²) in [5.41, 5.74) is 1.16. The molecule has 37 heavy (non-hydrogen) atoms. The molecule has 3 N–H and O–H groups in total. The number of fused-ring (bicyclic) bond motifs is 3. The van der Waals surface area contributed by atoms with Crippen LogP contribution in [0.3, 0.4) is 0 Å². The number of hydrogen-bond donors (Lipinski definition) is 3. The van der Waals surface area contributed by atoms with Gasteiger partial charge in [-0.25, -0.2) is 0 Å². The Kier molecular flexibility index (Phi) is 8.63. The van der Waals surface area contributed by atoms with Gasteiger partial charge in [0.1, 0.15) is 18.5 Å². The quantitative estimate of drug-likeness (QED) is 0.312. The Morgan fingerprint density at radius 2 is 2.14 bits per heavy atom. The van der Waals surface area contributed by atoms with Gasteiger partial charge in [-0.15, -0.1) is 0 Å². The van der Waals surface area contributed by atoms with E-state index in [1.165, 1.54) is 24.2 Å². The molecule has 1 aromatic rings. The number of carbonyl (C=O) groups excluding carboxylic acids is 3. The lowest BCUT2D eigenvalue weighted by molar-refractivity contribution is -0.134. The van der Waals surface area contributed by atoms with Crippen LogP contribution in [-0.4, -0.2) is 91.0 Å². The number of nitrogens with zero attached hydrogens (tertiary/aromatic N) is 1.